The highest BCUT2D eigenvalue weighted by atomic mass is 35.5. The Morgan fingerprint density at radius 3 is 3.00 bits per heavy atom. The van der Waals surface area contributed by atoms with E-state index in [1.54, 1.807) is 5.55 Å². The van der Waals surface area contributed by atoms with Crippen LogP contribution >= 0.6 is 23.4 Å². The summed E-state index contributed by atoms with van der Waals surface area (Å²) in [5.74, 6) is 2.78. The molecule has 1 nitrogen and oxygen atoms in total. The van der Waals surface area contributed by atoms with Crippen molar-refractivity contribution in [1.29, 1.82) is 0 Å². The van der Waals surface area contributed by atoms with Gasteiger partial charge in [-0.05, 0) is 0 Å². The van der Waals surface area contributed by atoms with E-state index in [-0.39, 0.29) is 5.50 Å². The largest absolute Gasteiger partial charge is 0.265 e. The van der Waals surface area contributed by atoms with Gasteiger partial charge in [0, 0.05) is 0 Å². The summed E-state index contributed by atoms with van der Waals surface area (Å²) in [6.07, 6.45) is 0. The van der Waals surface area contributed by atoms with Gasteiger partial charge in [-0.25, -0.2) is 0 Å². The second kappa shape index (κ2) is 1.85. The average Bonchev–Trinajstić information content (AvgIpc) is 1.86. The normalized spacial score (nSPS) is 31.8. The minimum absolute atomic E-state index is 0.199. The van der Waals surface area contributed by atoms with Crippen LogP contribution in [0.1, 0.15) is 0 Å². The highest BCUT2D eigenvalue weighted by molar-refractivity contribution is 8.14. The standard InChI is InChI=1S/C3H2ClNS/c4-3-1-6-2-5-3/h2-3H. The lowest BCUT2D eigenvalue weighted by Crippen LogP contribution is -1.80. The molecule has 0 aliphatic carbocycles. The molecule has 0 saturated carbocycles. The van der Waals surface area contributed by atoms with Crippen molar-refractivity contribution in [2.75, 3.05) is 0 Å². The lowest BCUT2D eigenvalue weighted by molar-refractivity contribution is 1.15. The first kappa shape index (κ1) is 4.47. The fourth-order valence-electron chi connectivity index (χ4n) is 0.201. The van der Waals surface area contributed by atoms with Gasteiger partial charge in [-0.2, -0.15) is 0 Å². The molecule has 0 aromatic heterocycles. The van der Waals surface area contributed by atoms with Crippen LogP contribution in [0.2, 0.25) is 0 Å². The predicted octanol–water partition coefficient (Wildman–Crippen LogP) is 1.37. The van der Waals surface area contributed by atoms with Gasteiger partial charge in [0.15, 0.2) is 0 Å². The fraction of sp³-hybridized carbons (Fsp3) is 0.333. The van der Waals surface area contributed by atoms with Crippen LogP contribution in [0.15, 0.2) is 4.99 Å². The molecule has 6 heavy (non-hydrogen) atoms. The molecule has 0 amide bonds. The van der Waals surface area contributed by atoms with Crippen LogP contribution in [0.4, 0.5) is 0 Å². The first-order valence-corrected chi connectivity index (χ1v) is 2.78. The van der Waals surface area contributed by atoms with Crippen LogP contribution in [-0.4, -0.2) is 11.0 Å². The number of rotatable bonds is 0. The molecule has 0 fully saturated rings. The molecule has 1 aliphatic heterocycles. The topological polar surface area (TPSA) is 12.4 Å². The number of thioether (sulfide) groups is 1. The van der Waals surface area contributed by atoms with Crippen molar-refractivity contribution < 1.29 is 0 Å². The molecule has 32 valence electrons. The Labute approximate surface area is 45.8 Å². The number of alkyl halides is 1. The Balaban J connectivity index is 2.38. The average molecular weight is 120 g/mol. The second-order valence-electron chi connectivity index (χ2n) is 0.826. The number of halogens is 1. The maximum atomic E-state index is 5.38. The molecule has 3 heteroatoms. The molecular formula is C3H2ClNS. The summed E-state index contributed by atoms with van der Waals surface area (Å²) in [5.41, 5.74) is 1.48. The Morgan fingerprint density at radius 2 is 2.83 bits per heavy atom. The Kier molecular flexibility index (Phi) is 1.37. The third kappa shape index (κ3) is 0.884. The zero-order chi connectivity index (χ0) is 4.41. The van der Waals surface area contributed by atoms with E-state index in [2.05, 4.69) is 10.7 Å². The first-order valence-electron chi connectivity index (χ1n) is 1.46. The van der Waals surface area contributed by atoms with Gasteiger partial charge < -0.3 is 0 Å². The Bertz CT molecular complexity index is 73.2. The predicted molar refractivity (Wildman–Crippen MR) is 29.0 cm³/mol. The van der Waals surface area contributed by atoms with Gasteiger partial charge in [-0.1, -0.05) is 11.6 Å². The zero-order valence-electron chi connectivity index (χ0n) is 2.89. The molecule has 0 N–H and O–H groups in total. The van der Waals surface area contributed by atoms with Gasteiger partial charge in [0.05, 0.1) is 11.3 Å². The molecular weight excluding hydrogens is 118 g/mol. The molecule has 1 atom stereocenters. The van der Waals surface area contributed by atoms with E-state index < -0.39 is 0 Å². The summed E-state index contributed by atoms with van der Waals surface area (Å²) in [6, 6.07) is 0. The van der Waals surface area contributed by atoms with Crippen molar-refractivity contribution in [3.63, 3.8) is 0 Å². The number of hydrogen-bond acceptors (Lipinski definition) is 2. The van der Waals surface area contributed by atoms with Crippen LogP contribution in [0, 0.1) is 5.75 Å². The Morgan fingerprint density at radius 1 is 2.00 bits per heavy atom. The number of hydrogen-bond donors (Lipinski definition) is 0. The first-order chi connectivity index (χ1) is 2.89. The molecule has 2 radical (unpaired) electrons. The van der Waals surface area contributed by atoms with Crippen LogP contribution in [0.25, 0.3) is 0 Å². The van der Waals surface area contributed by atoms with Gasteiger partial charge >= 0.3 is 0 Å². The smallest absolute Gasteiger partial charge is 0.142 e. The third-order valence-electron chi connectivity index (χ3n) is 0.410. The SMILES string of the molecule is ClC1[C]SC=N1. The highest BCUT2D eigenvalue weighted by Gasteiger charge is 2.05. The van der Waals surface area contributed by atoms with Gasteiger partial charge in [0.25, 0.3) is 0 Å². The molecule has 0 spiro atoms. The molecule has 1 heterocycles. The quantitative estimate of drug-likeness (QED) is 0.347. The van der Waals surface area contributed by atoms with Crippen molar-refractivity contribution in [2.24, 2.45) is 4.99 Å². The van der Waals surface area contributed by atoms with Crippen LogP contribution in [0.5, 0.6) is 0 Å². The zero-order valence-corrected chi connectivity index (χ0v) is 4.46. The van der Waals surface area contributed by atoms with Gasteiger partial charge in [-0.15, -0.1) is 11.8 Å². The molecule has 1 unspecified atom stereocenters. The molecule has 1 rings (SSSR count). The summed E-state index contributed by atoms with van der Waals surface area (Å²) >= 11 is 6.79. The molecule has 0 aromatic rings. The van der Waals surface area contributed by atoms with Gasteiger partial charge in [0.1, 0.15) is 5.50 Å². The van der Waals surface area contributed by atoms with E-state index >= 15 is 0 Å². The number of nitrogens with zero attached hydrogens (tertiary/aromatic N) is 1. The van der Waals surface area contributed by atoms with E-state index in [0.717, 1.165) is 0 Å². The van der Waals surface area contributed by atoms with Crippen LogP contribution in [-0.2, 0) is 0 Å². The monoisotopic (exact) mass is 119 g/mol. The molecule has 0 bridgehead atoms. The van der Waals surface area contributed by atoms with Gasteiger partial charge in [-0.3, -0.25) is 4.99 Å². The third-order valence-corrected chi connectivity index (χ3v) is 1.35. The second-order valence-corrected chi connectivity index (χ2v) is 1.92. The summed E-state index contributed by atoms with van der Waals surface area (Å²) in [7, 11) is 0. The lowest BCUT2D eigenvalue weighted by atomic mass is 10.8. The Hall–Kier alpha value is 0.310. The van der Waals surface area contributed by atoms with Crippen molar-refractivity contribution in [2.45, 2.75) is 5.50 Å². The maximum absolute atomic E-state index is 5.38. The van der Waals surface area contributed by atoms with E-state index in [1.165, 1.54) is 11.8 Å². The lowest BCUT2D eigenvalue weighted by Gasteiger charge is -1.82. The maximum Gasteiger partial charge on any atom is 0.142 e. The van der Waals surface area contributed by atoms with E-state index in [0.29, 0.717) is 0 Å². The fourth-order valence-corrected chi connectivity index (χ4v) is 0.895. The highest BCUT2D eigenvalue weighted by Crippen LogP contribution is 2.18. The van der Waals surface area contributed by atoms with Gasteiger partial charge in [0.2, 0.25) is 0 Å². The summed E-state index contributed by atoms with van der Waals surface area (Å²) < 4.78 is 0. The van der Waals surface area contributed by atoms with Crippen molar-refractivity contribution in [3.8, 4) is 0 Å². The molecule has 1 aliphatic rings. The molecule has 0 aromatic carbocycles. The van der Waals surface area contributed by atoms with E-state index in [1.807, 2.05) is 0 Å². The van der Waals surface area contributed by atoms with E-state index in [4.69, 9.17) is 11.6 Å². The summed E-state index contributed by atoms with van der Waals surface area (Å²) in [5, 5.41) is 0. The van der Waals surface area contributed by atoms with Crippen molar-refractivity contribution in [3.05, 3.63) is 5.75 Å². The summed E-state index contributed by atoms with van der Waals surface area (Å²) in [6.45, 7) is 0. The minimum atomic E-state index is -0.199. The van der Waals surface area contributed by atoms with Crippen molar-refractivity contribution >= 4 is 28.9 Å². The molecule has 0 saturated heterocycles. The van der Waals surface area contributed by atoms with Crippen LogP contribution in [0.3, 0.4) is 0 Å². The van der Waals surface area contributed by atoms with E-state index in [9.17, 15) is 0 Å². The number of aliphatic imine (C=N–C) groups is 1. The van der Waals surface area contributed by atoms with Crippen molar-refractivity contribution in [1.82, 2.24) is 0 Å². The minimum Gasteiger partial charge on any atom is -0.265 e. The summed E-state index contributed by atoms with van der Waals surface area (Å²) in [4.78, 5) is 3.73. The van der Waals surface area contributed by atoms with Crippen LogP contribution < -0.4 is 0 Å².